The largest absolute Gasteiger partial charge is 0.322 e. The molecule has 1 aliphatic carbocycles. The van der Waals surface area contributed by atoms with Crippen molar-refractivity contribution < 1.29 is 4.39 Å². The Morgan fingerprint density at radius 3 is 2.77 bits per heavy atom. The van der Waals surface area contributed by atoms with Gasteiger partial charge in [0.2, 0.25) is 0 Å². The normalized spacial score (nSPS) is 19.0. The zero-order chi connectivity index (χ0) is 21.4. The van der Waals surface area contributed by atoms with E-state index >= 15 is 0 Å². The summed E-state index contributed by atoms with van der Waals surface area (Å²) in [5.74, 6) is 0.986. The first kappa shape index (κ1) is 19.3. The van der Waals surface area contributed by atoms with E-state index in [9.17, 15) is 4.39 Å². The van der Waals surface area contributed by atoms with Crippen LogP contribution in [-0.2, 0) is 6.67 Å². The lowest BCUT2D eigenvalue weighted by Gasteiger charge is -2.34. The number of alkyl halides is 1. The van der Waals surface area contributed by atoms with Crippen LogP contribution in [0.3, 0.4) is 0 Å². The Morgan fingerprint density at radius 1 is 1.13 bits per heavy atom. The van der Waals surface area contributed by atoms with Crippen LogP contribution in [0.25, 0.3) is 28.0 Å². The second-order valence-corrected chi connectivity index (χ2v) is 7.98. The van der Waals surface area contributed by atoms with Crippen molar-refractivity contribution in [1.29, 1.82) is 5.26 Å². The number of nitrogens with zero attached hydrogens (tertiary/aromatic N) is 5. The number of nitriles is 1. The van der Waals surface area contributed by atoms with Gasteiger partial charge in [-0.3, -0.25) is 4.98 Å². The van der Waals surface area contributed by atoms with Gasteiger partial charge in [0, 0.05) is 22.9 Å². The first-order valence-electron chi connectivity index (χ1n) is 10.3. The number of halogens is 1. The molecule has 7 heteroatoms. The molecule has 4 aromatic rings. The van der Waals surface area contributed by atoms with Gasteiger partial charge in [-0.1, -0.05) is 24.3 Å². The van der Waals surface area contributed by atoms with Gasteiger partial charge in [0.1, 0.15) is 6.67 Å². The molecule has 1 aliphatic rings. The van der Waals surface area contributed by atoms with Gasteiger partial charge in [-0.15, -0.1) is 0 Å². The second kappa shape index (κ2) is 7.89. The third kappa shape index (κ3) is 3.56. The van der Waals surface area contributed by atoms with Crippen molar-refractivity contribution >= 4 is 10.9 Å². The number of rotatable bonds is 5. The van der Waals surface area contributed by atoms with Crippen molar-refractivity contribution in [1.82, 2.24) is 19.7 Å². The highest BCUT2D eigenvalue weighted by molar-refractivity contribution is 5.84. The van der Waals surface area contributed by atoms with Gasteiger partial charge in [-0.2, -0.15) is 10.4 Å². The highest BCUT2D eigenvalue weighted by Gasteiger charge is 2.34. The summed E-state index contributed by atoms with van der Waals surface area (Å²) in [6, 6.07) is 19.2. The van der Waals surface area contributed by atoms with Crippen LogP contribution in [0, 0.1) is 23.2 Å². The molecule has 0 radical (unpaired) electrons. The summed E-state index contributed by atoms with van der Waals surface area (Å²) in [6.07, 6.45) is 3.43. The monoisotopic (exact) mass is 412 g/mol. The Bertz CT molecular complexity index is 1280. The minimum Gasteiger partial charge on any atom is -0.322 e. The summed E-state index contributed by atoms with van der Waals surface area (Å²) in [5, 5.41) is 14.4. The summed E-state index contributed by atoms with van der Waals surface area (Å²) in [7, 11) is 0. The predicted octanol–water partition coefficient (Wildman–Crippen LogP) is 4.50. The van der Waals surface area contributed by atoms with Crippen LogP contribution in [0.15, 0.2) is 60.8 Å². The van der Waals surface area contributed by atoms with Crippen LogP contribution >= 0.6 is 0 Å². The van der Waals surface area contributed by atoms with Crippen molar-refractivity contribution in [2.75, 3.05) is 0 Å². The molecule has 1 saturated carbocycles. The highest BCUT2D eigenvalue weighted by atomic mass is 19.1. The van der Waals surface area contributed by atoms with E-state index in [4.69, 9.17) is 16.0 Å². The fourth-order valence-electron chi connectivity index (χ4n) is 4.12. The fourth-order valence-corrected chi connectivity index (χ4v) is 4.12. The van der Waals surface area contributed by atoms with Gasteiger partial charge in [-0.25, -0.2) is 14.1 Å². The van der Waals surface area contributed by atoms with E-state index in [1.807, 2.05) is 42.5 Å². The molecule has 31 heavy (non-hydrogen) atoms. The van der Waals surface area contributed by atoms with Gasteiger partial charge in [-0.05, 0) is 49.1 Å². The number of nitrogens with two attached hydrogens (primary N) is 1. The topological polar surface area (TPSA) is 93.4 Å². The quantitative estimate of drug-likeness (QED) is 0.521. The Morgan fingerprint density at radius 2 is 1.97 bits per heavy atom. The van der Waals surface area contributed by atoms with Gasteiger partial charge < -0.3 is 5.73 Å². The van der Waals surface area contributed by atoms with Crippen molar-refractivity contribution in [3.8, 4) is 23.1 Å². The molecule has 2 N–H and O–H groups in total. The Balaban J connectivity index is 1.49. The van der Waals surface area contributed by atoms with Crippen molar-refractivity contribution in [3.63, 3.8) is 0 Å². The van der Waals surface area contributed by atoms with E-state index in [1.165, 1.54) is 0 Å². The molecule has 3 aromatic heterocycles. The molecule has 1 atom stereocenters. The Labute approximate surface area is 179 Å². The lowest BCUT2D eigenvalue weighted by Crippen LogP contribution is -2.33. The minimum absolute atomic E-state index is 0.117. The Kier molecular flexibility index (Phi) is 4.92. The maximum atomic E-state index is 13.1. The van der Waals surface area contributed by atoms with Crippen molar-refractivity contribution in [3.05, 3.63) is 72.2 Å². The first-order chi connectivity index (χ1) is 15.2. The molecule has 3 heterocycles. The molecule has 0 amide bonds. The van der Waals surface area contributed by atoms with Gasteiger partial charge >= 0.3 is 0 Å². The molecule has 0 spiro atoms. The smallest absolute Gasteiger partial charge is 0.154 e. The number of pyridine rings is 2. The number of benzene rings is 1. The summed E-state index contributed by atoms with van der Waals surface area (Å²) in [4.78, 5) is 9.16. The molecule has 0 bridgehead atoms. The standard InChI is InChI=1S/C24H21FN6/c25-12-19-3-1-6-23(29-19)31-22-11-16(7-8-17(22)14-28-31)20-4-2-5-21(30-20)24(27)18-9-15(10-18)13-26/h1-8,11,14-15,18,24H,9-10,12,27H2/t15?,18?,24-/m0/s1. The van der Waals surface area contributed by atoms with Gasteiger partial charge in [0.15, 0.2) is 5.82 Å². The maximum absolute atomic E-state index is 13.1. The van der Waals surface area contributed by atoms with E-state index < -0.39 is 6.67 Å². The molecule has 0 saturated heterocycles. The molecular weight excluding hydrogens is 391 g/mol. The average molecular weight is 412 g/mol. The third-order valence-electron chi connectivity index (χ3n) is 5.99. The lowest BCUT2D eigenvalue weighted by atomic mass is 9.71. The van der Waals surface area contributed by atoms with Crippen LogP contribution in [0.1, 0.15) is 30.3 Å². The van der Waals surface area contributed by atoms with Crippen LogP contribution in [0.4, 0.5) is 4.39 Å². The summed E-state index contributed by atoms with van der Waals surface area (Å²) >= 11 is 0. The second-order valence-electron chi connectivity index (χ2n) is 7.98. The fraction of sp³-hybridized carbons (Fsp3) is 0.250. The zero-order valence-electron chi connectivity index (χ0n) is 16.8. The van der Waals surface area contributed by atoms with E-state index in [0.29, 0.717) is 17.4 Å². The lowest BCUT2D eigenvalue weighted by molar-refractivity contribution is 0.204. The molecule has 5 rings (SSSR count). The number of aromatic nitrogens is 4. The van der Waals surface area contributed by atoms with Crippen LogP contribution in [-0.4, -0.2) is 19.7 Å². The number of fused-ring (bicyclic) bond motifs is 1. The van der Waals surface area contributed by atoms with Crippen LogP contribution < -0.4 is 5.73 Å². The van der Waals surface area contributed by atoms with Gasteiger partial charge in [0.25, 0.3) is 0 Å². The van der Waals surface area contributed by atoms with Crippen LogP contribution in [0.2, 0.25) is 0 Å². The maximum Gasteiger partial charge on any atom is 0.154 e. The predicted molar refractivity (Wildman–Crippen MR) is 116 cm³/mol. The van der Waals surface area contributed by atoms with Gasteiger partial charge in [0.05, 0.1) is 34.9 Å². The summed E-state index contributed by atoms with van der Waals surface area (Å²) in [6.45, 7) is -0.620. The number of hydrogen-bond donors (Lipinski definition) is 1. The Hall–Kier alpha value is -3.63. The summed E-state index contributed by atoms with van der Waals surface area (Å²) < 4.78 is 14.8. The average Bonchev–Trinajstić information content (AvgIpc) is 3.22. The van der Waals surface area contributed by atoms with E-state index in [0.717, 1.165) is 40.7 Å². The molecule has 6 nitrogen and oxygen atoms in total. The zero-order valence-corrected chi connectivity index (χ0v) is 16.8. The SMILES string of the molecule is N#CC1CC([C@H](N)c2cccc(-c3ccc4cnn(-c5cccc(CF)n5)c4c3)n2)C1. The summed E-state index contributed by atoms with van der Waals surface area (Å²) in [5.41, 5.74) is 10.3. The molecule has 0 unspecified atom stereocenters. The minimum atomic E-state index is -0.620. The molecule has 1 fully saturated rings. The van der Waals surface area contributed by atoms with E-state index in [2.05, 4.69) is 16.2 Å². The highest BCUT2D eigenvalue weighted by Crippen LogP contribution is 2.40. The van der Waals surface area contributed by atoms with E-state index in [1.54, 1.807) is 23.0 Å². The molecule has 154 valence electrons. The van der Waals surface area contributed by atoms with Crippen molar-refractivity contribution in [2.45, 2.75) is 25.6 Å². The molecular formula is C24H21FN6. The van der Waals surface area contributed by atoms with Crippen molar-refractivity contribution in [2.24, 2.45) is 17.6 Å². The third-order valence-corrected chi connectivity index (χ3v) is 5.99. The molecule has 1 aromatic carbocycles. The first-order valence-corrected chi connectivity index (χ1v) is 10.3. The molecule has 0 aliphatic heterocycles. The van der Waals surface area contributed by atoms with E-state index in [-0.39, 0.29) is 12.0 Å². The van der Waals surface area contributed by atoms with Crippen LogP contribution in [0.5, 0.6) is 0 Å². The number of hydrogen-bond acceptors (Lipinski definition) is 5.